The predicted molar refractivity (Wildman–Crippen MR) is 128 cm³/mol. The van der Waals surface area contributed by atoms with Gasteiger partial charge in [-0.15, -0.1) is 0 Å². The minimum atomic E-state index is -0.538. The van der Waals surface area contributed by atoms with E-state index in [0.29, 0.717) is 22.6 Å². The number of nitrogens with zero attached hydrogens (tertiary/aromatic N) is 2. The first-order valence-electron chi connectivity index (χ1n) is 11.2. The SMILES string of the molecule is CN(C(=O)COC(=O)Cc1ccc(OC(=O)c2ccc(N=C(N)N)cc2)cc1)C1CCCCC1. The number of esters is 2. The number of likely N-dealkylation sites (N-methyl/N-ethyl adjacent to an activating group) is 1. The molecule has 0 bridgehead atoms. The highest BCUT2D eigenvalue weighted by molar-refractivity contribution is 5.91. The molecule has 9 heteroatoms. The van der Waals surface area contributed by atoms with Crippen LogP contribution in [-0.4, -0.2) is 48.4 Å². The smallest absolute Gasteiger partial charge is 0.343 e. The second kappa shape index (κ2) is 11.8. The molecule has 34 heavy (non-hydrogen) atoms. The average molecular weight is 467 g/mol. The molecule has 1 amide bonds. The van der Waals surface area contributed by atoms with Crippen molar-refractivity contribution in [3.63, 3.8) is 0 Å². The van der Waals surface area contributed by atoms with Gasteiger partial charge in [0.2, 0.25) is 0 Å². The summed E-state index contributed by atoms with van der Waals surface area (Å²) in [5.74, 6) is -0.953. The topological polar surface area (TPSA) is 137 Å². The molecule has 4 N–H and O–H groups in total. The van der Waals surface area contributed by atoms with Crippen molar-refractivity contribution in [3.05, 3.63) is 59.7 Å². The van der Waals surface area contributed by atoms with Gasteiger partial charge in [0.1, 0.15) is 5.75 Å². The van der Waals surface area contributed by atoms with E-state index in [1.807, 2.05) is 0 Å². The van der Waals surface area contributed by atoms with E-state index in [2.05, 4.69) is 4.99 Å². The van der Waals surface area contributed by atoms with Gasteiger partial charge in [0.15, 0.2) is 12.6 Å². The van der Waals surface area contributed by atoms with Gasteiger partial charge in [-0.3, -0.25) is 9.59 Å². The van der Waals surface area contributed by atoms with Crippen LogP contribution in [0.25, 0.3) is 0 Å². The normalized spacial score (nSPS) is 13.6. The second-order valence-electron chi connectivity index (χ2n) is 8.25. The molecular weight excluding hydrogens is 436 g/mol. The summed E-state index contributed by atoms with van der Waals surface area (Å²) < 4.78 is 10.5. The van der Waals surface area contributed by atoms with E-state index in [9.17, 15) is 14.4 Å². The number of guanidine groups is 1. The summed E-state index contributed by atoms with van der Waals surface area (Å²) >= 11 is 0. The molecule has 0 aromatic heterocycles. The van der Waals surface area contributed by atoms with Gasteiger partial charge >= 0.3 is 11.9 Å². The predicted octanol–water partition coefficient (Wildman–Crippen LogP) is 2.69. The molecule has 0 radical (unpaired) electrons. The molecule has 1 fully saturated rings. The molecule has 0 aliphatic heterocycles. The Bertz CT molecular complexity index is 1020. The lowest BCUT2D eigenvalue weighted by Crippen LogP contribution is -2.40. The molecule has 2 aromatic rings. The summed E-state index contributed by atoms with van der Waals surface area (Å²) in [5, 5.41) is 0. The third-order valence-corrected chi connectivity index (χ3v) is 5.72. The van der Waals surface area contributed by atoms with E-state index in [0.717, 1.165) is 25.7 Å². The van der Waals surface area contributed by atoms with Crippen molar-refractivity contribution in [2.45, 2.75) is 44.6 Å². The zero-order chi connectivity index (χ0) is 24.5. The highest BCUT2D eigenvalue weighted by Crippen LogP contribution is 2.22. The number of amides is 1. The first kappa shape index (κ1) is 24.8. The first-order valence-corrected chi connectivity index (χ1v) is 11.2. The summed E-state index contributed by atoms with van der Waals surface area (Å²) in [5.41, 5.74) is 12.2. The molecular formula is C25H30N4O5. The Kier molecular flexibility index (Phi) is 8.61. The van der Waals surface area contributed by atoms with Crippen molar-refractivity contribution in [2.24, 2.45) is 16.5 Å². The van der Waals surface area contributed by atoms with Crippen LogP contribution in [0.5, 0.6) is 5.75 Å². The van der Waals surface area contributed by atoms with Crippen LogP contribution in [0.2, 0.25) is 0 Å². The highest BCUT2D eigenvalue weighted by Gasteiger charge is 2.22. The van der Waals surface area contributed by atoms with E-state index in [-0.39, 0.29) is 30.9 Å². The zero-order valence-corrected chi connectivity index (χ0v) is 19.2. The number of carbonyl (C=O) groups is 3. The monoisotopic (exact) mass is 466 g/mol. The number of nitrogens with two attached hydrogens (primary N) is 2. The zero-order valence-electron chi connectivity index (χ0n) is 19.2. The van der Waals surface area contributed by atoms with Crippen LogP contribution in [0.4, 0.5) is 5.69 Å². The Morgan fingerprint density at radius 2 is 1.62 bits per heavy atom. The van der Waals surface area contributed by atoms with E-state index in [1.54, 1.807) is 60.5 Å². The molecule has 3 rings (SSSR count). The van der Waals surface area contributed by atoms with Crippen LogP contribution in [0.15, 0.2) is 53.5 Å². The standard InChI is InChI=1S/C25H30N4O5/c1-29(20-5-3-2-4-6-20)22(30)16-33-23(31)15-17-7-13-21(14-8-17)34-24(32)18-9-11-19(12-10-18)28-25(26)27/h7-14,20H,2-6,15-16H2,1H3,(H4,26,27,28). The molecule has 0 saturated heterocycles. The van der Waals surface area contributed by atoms with Gasteiger partial charge in [0.25, 0.3) is 5.91 Å². The number of benzene rings is 2. The molecule has 1 aliphatic carbocycles. The largest absolute Gasteiger partial charge is 0.455 e. The van der Waals surface area contributed by atoms with E-state index in [4.69, 9.17) is 20.9 Å². The van der Waals surface area contributed by atoms with Gasteiger partial charge in [-0.05, 0) is 54.8 Å². The van der Waals surface area contributed by atoms with Crippen LogP contribution in [0, 0.1) is 0 Å². The Hall–Kier alpha value is -3.88. The second-order valence-corrected chi connectivity index (χ2v) is 8.25. The lowest BCUT2D eigenvalue weighted by molar-refractivity contribution is -0.152. The van der Waals surface area contributed by atoms with Crippen molar-refractivity contribution >= 4 is 29.5 Å². The number of hydrogen-bond donors (Lipinski definition) is 2. The van der Waals surface area contributed by atoms with Crippen molar-refractivity contribution < 1.29 is 23.9 Å². The van der Waals surface area contributed by atoms with Crippen molar-refractivity contribution in [3.8, 4) is 5.75 Å². The maximum absolute atomic E-state index is 12.3. The van der Waals surface area contributed by atoms with Crippen LogP contribution >= 0.6 is 0 Å². The summed E-state index contributed by atoms with van der Waals surface area (Å²) in [7, 11) is 1.77. The Labute approximate surface area is 198 Å². The summed E-state index contributed by atoms with van der Waals surface area (Å²) in [6.07, 6.45) is 5.46. The summed E-state index contributed by atoms with van der Waals surface area (Å²) in [6, 6.07) is 13.1. The maximum atomic E-state index is 12.3. The van der Waals surface area contributed by atoms with Crippen LogP contribution < -0.4 is 16.2 Å². The average Bonchev–Trinajstić information content (AvgIpc) is 2.84. The van der Waals surface area contributed by atoms with Crippen LogP contribution in [-0.2, 0) is 20.7 Å². The maximum Gasteiger partial charge on any atom is 0.343 e. The van der Waals surface area contributed by atoms with Crippen LogP contribution in [0.3, 0.4) is 0 Å². The molecule has 0 spiro atoms. The summed E-state index contributed by atoms with van der Waals surface area (Å²) in [6.45, 7) is -0.260. The molecule has 0 heterocycles. The molecule has 2 aromatic carbocycles. The van der Waals surface area contributed by atoms with Gasteiger partial charge in [0, 0.05) is 13.1 Å². The van der Waals surface area contributed by atoms with E-state index < -0.39 is 11.9 Å². The number of aliphatic imine (C=N–C) groups is 1. The number of carbonyl (C=O) groups excluding carboxylic acids is 3. The summed E-state index contributed by atoms with van der Waals surface area (Å²) in [4.78, 5) is 42.4. The van der Waals surface area contributed by atoms with Crippen LogP contribution in [0.1, 0.15) is 48.0 Å². The van der Waals surface area contributed by atoms with Gasteiger partial charge in [-0.1, -0.05) is 31.4 Å². The molecule has 9 nitrogen and oxygen atoms in total. The minimum absolute atomic E-state index is 0.0148. The van der Waals surface area contributed by atoms with Gasteiger partial charge in [-0.25, -0.2) is 9.79 Å². The van der Waals surface area contributed by atoms with Gasteiger partial charge < -0.3 is 25.8 Å². The third-order valence-electron chi connectivity index (χ3n) is 5.72. The lowest BCUT2D eigenvalue weighted by Gasteiger charge is -2.31. The molecule has 0 atom stereocenters. The van der Waals surface area contributed by atoms with Gasteiger partial charge in [0.05, 0.1) is 17.7 Å². The van der Waals surface area contributed by atoms with Crippen molar-refractivity contribution in [2.75, 3.05) is 13.7 Å². The number of ether oxygens (including phenoxy) is 2. The molecule has 180 valence electrons. The molecule has 0 unspecified atom stereocenters. The highest BCUT2D eigenvalue weighted by atomic mass is 16.5. The first-order chi connectivity index (χ1) is 16.3. The third kappa shape index (κ3) is 7.33. The lowest BCUT2D eigenvalue weighted by atomic mass is 9.94. The van der Waals surface area contributed by atoms with E-state index in [1.165, 1.54) is 6.42 Å². The van der Waals surface area contributed by atoms with Crippen molar-refractivity contribution in [1.82, 2.24) is 4.90 Å². The molecule has 1 saturated carbocycles. The molecule has 1 aliphatic rings. The fourth-order valence-electron chi connectivity index (χ4n) is 3.80. The minimum Gasteiger partial charge on any atom is -0.455 e. The van der Waals surface area contributed by atoms with Gasteiger partial charge in [-0.2, -0.15) is 0 Å². The fraction of sp³-hybridized carbons (Fsp3) is 0.360. The number of hydrogen-bond acceptors (Lipinski definition) is 6. The quantitative estimate of drug-likeness (QED) is 0.264. The van der Waals surface area contributed by atoms with Crippen molar-refractivity contribution in [1.29, 1.82) is 0 Å². The Balaban J connectivity index is 1.45. The number of rotatable bonds is 8. The Morgan fingerprint density at radius 1 is 0.971 bits per heavy atom. The van der Waals surface area contributed by atoms with E-state index >= 15 is 0 Å². The Morgan fingerprint density at radius 3 is 2.24 bits per heavy atom. The fourth-order valence-corrected chi connectivity index (χ4v) is 3.80.